The van der Waals surface area contributed by atoms with Gasteiger partial charge in [-0.25, -0.2) is 4.79 Å². The molecule has 0 fully saturated rings. The molecule has 2 rings (SSSR count). The van der Waals surface area contributed by atoms with Crippen molar-refractivity contribution in [3.63, 3.8) is 0 Å². The second-order valence-electron chi connectivity index (χ2n) is 4.50. The summed E-state index contributed by atoms with van der Waals surface area (Å²) in [7, 11) is 1.38. The van der Waals surface area contributed by atoms with Crippen molar-refractivity contribution in [2.24, 2.45) is 0 Å². The van der Waals surface area contributed by atoms with Crippen LogP contribution in [-0.4, -0.2) is 19.2 Å². The largest absolute Gasteiger partial charge is 0.467 e. The van der Waals surface area contributed by atoms with Crippen LogP contribution in [0.4, 0.5) is 0 Å². The maximum atomic E-state index is 11.8. The highest BCUT2D eigenvalue weighted by Crippen LogP contribution is 2.10. The van der Waals surface area contributed by atoms with Gasteiger partial charge in [-0.05, 0) is 11.1 Å². The molecule has 104 valence electrons. The molecule has 0 heterocycles. The molecular weight excluding hydrogens is 252 g/mol. The van der Waals surface area contributed by atoms with Crippen LogP contribution in [0.15, 0.2) is 60.7 Å². The molecule has 0 spiro atoms. The van der Waals surface area contributed by atoms with Crippen LogP contribution in [0, 0.1) is 0 Å². The van der Waals surface area contributed by atoms with Gasteiger partial charge in [0.2, 0.25) is 0 Å². The first-order valence-electron chi connectivity index (χ1n) is 6.57. The summed E-state index contributed by atoms with van der Waals surface area (Å²) in [6, 6.07) is 19.6. The van der Waals surface area contributed by atoms with E-state index in [2.05, 4.69) is 0 Å². The van der Waals surface area contributed by atoms with Crippen molar-refractivity contribution >= 4 is 5.97 Å². The van der Waals surface area contributed by atoms with E-state index in [-0.39, 0.29) is 5.97 Å². The van der Waals surface area contributed by atoms with Crippen molar-refractivity contribution in [2.45, 2.75) is 19.1 Å². The summed E-state index contributed by atoms with van der Waals surface area (Å²) in [6.45, 7) is 0.396. The van der Waals surface area contributed by atoms with E-state index in [9.17, 15) is 4.79 Å². The first-order valence-corrected chi connectivity index (χ1v) is 6.57. The summed E-state index contributed by atoms with van der Waals surface area (Å²) in [4.78, 5) is 11.8. The van der Waals surface area contributed by atoms with E-state index < -0.39 is 6.10 Å². The second kappa shape index (κ2) is 7.46. The van der Waals surface area contributed by atoms with E-state index in [4.69, 9.17) is 9.47 Å². The van der Waals surface area contributed by atoms with Gasteiger partial charge in [-0.3, -0.25) is 0 Å². The van der Waals surface area contributed by atoms with Crippen LogP contribution in [0.5, 0.6) is 0 Å². The molecule has 0 aliphatic heterocycles. The fourth-order valence-electron chi connectivity index (χ4n) is 1.94. The first-order chi connectivity index (χ1) is 9.79. The fourth-order valence-corrected chi connectivity index (χ4v) is 1.94. The van der Waals surface area contributed by atoms with Crippen molar-refractivity contribution in [2.75, 3.05) is 7.11 Å². The number of methoxy groups -OCH3 is 1. The Labute approximate surface area is 119 Å². The number of carbonyl (C=O) groups is 1. The number of ether oxygens (including phenoxy) is 2. The molecule has 2 aromatic rings. The fraction of sp³-hybridized carbons (Fsp3) is 0.235. The maximum Gasteiger partial charge on any atom is 0.335 e. The Morgan fingerprint density at radius 3 is 2.05 bits per heavy atom. The molecule has 0 aromatic heterocycles. The first kappa shape index (κ1) is 14.3. The highest BCUT2D eigenvalue weighted by Gasteiger charge is 2.20. The van der Waals surface area contributed by atoms with E-state index >= 15 is 0 Å². The average Bonchev–Trinajstić information content (AvgIpc) is 2.52. The van der Waals surface area contributed by atoms with Gasteiger partial charge in [0.15, 0.2) is 6.10 Å². The second-order valence-corrected chi connectivity index (χ2v) is 4.50. The summed E-state index contributed by atoms with van der Waals surface area (Å²) >= 11 is 0. The molecule has 0 N–H and O–H groups in total. The van der Waals surface area contributed by atoms with Crippen LogP contribution >= 0.6 is 0 Å². The number of esters is 1. The lowest BCUT2D eigenvalue weighted by atomic mass is 10.1. The van der Waals surface area contributed by atoms with Gasteiger partial charge >= 0.3 is 5.97 Å². The summed E-state index contributed by atoms with van der Waals surface area (Å²) in [5.41, 5.74) is 2.09. The predicted molar refractivity (Wildman–Crippen MR) is 77.2 cm³/mol. The Hall–Kier alpha value is -2.13. The van der Waals surface area contributed by atoms with Gasteiger partial charge in [0.05, 0.1) is 13.7 Å². The van der Waals surface area contributed by atoms with Crippen molar-refractivity contribution in [1.82, 2.24) is 0 Å². The average molecular weight is 270 g/mol. The van der Waals surface area contributed by atoms with Crippen molar-refractivity contribution < 1.29 is 14.3 Å². The minimum absolute atomic E-state index is 0.343. The normalized spacial score (nSPS) is 11.8. The standard InChI is InChI=1S/C17H18O3/c1-19-17(18)16(12-14-8-4-2-5-9-14)20-13-15-10-6-3-7-11-15/h2-11,16H,12-13H2,1H3/t16-/m1/s1. The number of benzene rings is 2. The van der Waals surface area contributed by atoms with Gasteiger partial charge in [-0.15, -0.1) is 0 Å². The zero-order valence-corrected chi connectivity index (χ0v) is 11.5. The number of rotatable bonds is 6. The molecule has 20 heavy (non-hydrogen) atoms. The third kappa shape index (κ3) is 4.21. The Bertz CT molecular complexity index is 522. The third-order valence-electron chi connectivity index (χ3n) is 3.02. The van der Waals surface area contributed by atoms with Crippen molar-refractivity contribution in [1.29, 1.82) is 0 Å². The molecule has 0 amide bonds. The van der Waals surface area contributed by atoms with E-state index in [1.54, 1.807) is 0 Å². The lowest BCUT2D eigenvalue weighted by Crippen LogP contribution is -2.27. The smallest absolute Gasteiger partial charge is 0.335 e. The SMILES string of the molecule is COC(=O)[C@@H](Cc1ccccc1)OCc1ccccc1. The van der Waals surface area contributed by atoms with Crippen LogP contribution in [0.1, 0.15) is 11.1 Å². The predicted octanol–water partition coefficient (Wildman–Crippen LogP) is 2.99. The quantitative estimate of drug-likeness (QED) is 0.757. The molecule has 0 radical (unpaired) electrons. The van der Waals surface area contributed by atoms with Crippen LogP contribution < -0.4 is 0 Å². The van der Waals surface area contributed by atoms with E-state index in [1.807, 2.05) is 60.7 Å². The molecular formula is C17H18O3. The molecule has 0 unspecified atom stereocenters. The van der Waals surface area contributed by atoms with Crippen LogP contribution in [0.2, 0.25) is 0 Å². The summed E-state index contributed by atoms with van der Waals surface area (Å²) in [6.07, 6.45) is -0.0667. The molecule has 3 nitrogen and oxygen atoms in total. The minimum Gasteiger partial charge on any atom is -0.467 e. The third-order valence-corrected chi connectivity index (χ3v) is 3.02. The van der Waals surface area contributed by atoms with E-state index in [0.29, 0.717) is 13.0 Å². The lowest BCUT2D eigenvalue weighted by molar-refractivity contribution is -0.154. The molecule has 0 saturated heterocycles. The molecule has 0 aliphatic carbocycles. The molecule has 2 aromatic carbocycles. The Morgan fingerprint density at radius 2 is 1.50 bits per heavy atom. The highest BCUT2D eigenvalue weighted by atomic mass is 16.6. The van der Waals surface area contributed by atoms with Crippen LogP contribution in [0.25, 0.3) is 0 Å². The van der Waals surface area contributed by atoms with Crippen molar-refractivity contribution in [3.05, 3.63) is 71.8 Å². The summed E-state index contributed by atoms with van der Waals surface area (Å²) in [5.74, 6) is -0.343. The van der Waals surface area contributed by atoms with Crippen molar-refractivity contribution in [3.8, 4) is 0 Å². The van der Waals surface area contributed by atoms with Crippen LogP contribution in [0.3, 0.4) is 0 Å². The van der Waals surface area contributed by atoms with Gasteiger partial charge in [-0.1, -0.05) is 60.7 Å². The summed E-state index contributed by atoms with van der Waals surface area (Å²) < 4.78 is 10.5. The zero-order valence-electron chi connectivity index (χ0n) is 11.5. The number of carbonyl (C=O) groups excluding carboxylic acids is 1. The molecule has 1 atom stereocenters. The Balaban J connectivity index is 1.99. The lowest BCUT2D eigenvalue weighted by Gasteiger charge is -2.16. The minimum atomic E-state index is -0.581. The van der Waals surface area contributed by atoms with E-state index in [1.165, 1.54) is 7.11 Å². The van der Waals surface area contributed by atoms with E-state index in [0.717, 1.165) is 11.1 Å². The Kier molecular flexibility index (Phi) is 5.33. The van der Waals surface area contributed by atoms with Gasteiger partial charge in [0.25, 0.3) is 0 Å². The molecule has 0 saturated carbocycles. The summed E-state index contributed by atoms with van der Waals surface area (Å²) in [5, 5.41) is 0. The molecule has 0 aliphatic rings. The maximum absolute atomic E-state index is 11.8. The van der Waals surface area contributed by atoms with Crippen LogP contribution in [-0.2, 0) is 27.3 Å². The van der Waals surface area contributed by atoms with Gasteiger partial charge < -0.3 is 9.47 Å². The molecule has 3 heteroatoms. The van der Waals surface area contributed by atoms with Gasteiger partial charge in [-0.2, -0.15) is 0 Å². The number of hydrogen-bond donors (Lipinski definition) is 0. The zero-order chi connectivity index (χ0) is 14.2. The molecule has 0 bridgehead atoms. The van der Waals surface area contributed by atoms with Gasteiger partial charge in [0, 0.05) is 6.42 Å². The monoisotopic (exact) mass is 270 g/mol. The highest BCUT2D eigenvalue weighted by molar-refractivity contribution is 5.74. The Morgan fingerprint density at radius 1 is 0.950 bits per heavy atom. The topological polar surface area (TPSA) is 35.5 Å². The van der Waals surface area contributed by atoms with Gasteiger partial charge in [0.1, 0.15) is 0 Å². The number of hydrogen-bond acceptors (Lipinski definition) is 3.